The highest BCUT2D eigenvalue weighted by Crippen LogP contribution is 2.19. The molecular formula is C19H20ClN4O+. The van der Waals surface area contributed by atoms with Crippen LogP contribution in [-0.4, -0.2) is 36.3 Å². The molecule has 25 heavy (non-hydrogen) atoms. The van der Waals surface area contributed by atoms with Gasteiger partial charge < -0.3 is 14.3 Å². The van der Waals surface area contributed by atoms with Crippen LogP contribution >= 0.6 is 11.6 Å². The molecule has 1 fully saturated rings. The molecule has 128 valence electrons. The van der Waals surface area contributed by atoms with Crippen molar-refractivity contribution in [1.29, 1.82) is 0 Å². The minimum Gasteiger partial charge on any atom is -0.360 e. The Morgan fingerprint density at radius 1 is 1.04 bits per heavy atom. The highest BCUT2D eigenvalue weighted by Gasteiger charge is 2.22. The Labute approximate surface area is 151 Å². The number of quaternary nitrogens is 1. The lowest BCUT2D eigenvalue weighted by molar-refractivity contribution is -0.915. The molecule has 0 atom stereocenters. The Morgan fingerprint density at radius 3 is 2.60 bits per heavy atom. The van der Waals surface area contributed by atoms with Gasteiger partial charge in [0.2, 0.25) is 5.82 Å². The van der Waals surface area contributed by atoms with E-state index in [2.05, 4.69) is 21.1 Å². The first-order chi connectivity index (χ1) is 12.3. The first kappa shape index (κ1) is 16.1. The Balaban J connectivity index is 1.35. The molecule has 1 saturated heterocycles. The van der Waals surface area contributed by atoms with Gasteiger partial charge in [0.25, 0.3) is 5.89 Å². The number of anilines is 1. The molecule has 0 saturated carbocycles. The van der Waals surface area contributed by atoms with E-state index >= 15 is 0 Å². The average molecular weight is 356 g/mol. The van der Waals surface area contributed by atoms with Crippen LogP contribution in [0.1, 0.15) is 5.89 Å². The van der Waals surface area contributed by atoms with E-state index in [0.717, 1.165) is 43.3 Å². The maximum absolute atomic E-state index is 6.09. The van der Waals surface area contributed by atoms with Crippen LogP contribution in [0.15, 0.2) is 59.1 Å². The van der Waals surface area contributed by atoms with E-state index in [1.165, 1.54) is 10.6 Å². The largest absolute Gasteiger partial charge is 0.360 e. The third-order valence-corrected chi connectivity index (χ3v) is 4.78. The number of halogens is 1. The fourth-order valence-electron chi connectivity index (χ4n) is 3.18. The first-order valence-electron chi connectivity index (χ1n) is 8.50. The van der Waals surface area contributed by atoms with E-state index in [-0.39, 0.29) is 0 Å². The zero-order valence-electron chi connectivity index (χ0n) is 13.9. The van der Waals surface area contributed by atoms with Crippen molar-refractivity contribution >= 4 is 17.3 Å². The number of aromatic nitrogens is 2. The van der Waals surface area contributed by atoms with Gasteiger partial charge in [0.15, 0.2) is 6.54 Å². The lowest BCUT2D eigenvalue weighted by atomic mass is 10.2. The van der Waals surface area contributed by atoms with E-state index in [1.54, 1.807) is 0 Å². The summed E-state index contributed by atoms with van der Waals surface area (Å²) in [6, 6.07) is 18.0. The van der Waals surface area contributed by atoms with Crippen molar-refractivity contribution in [3.05, 3.63) is 65.5 Å². The van der Waals surface area contributed by atoms with Gasteiger partial charge in [-0.1, -0.05) is 53.2 Å². The molecule has 1 N–H and O–H groups in total. The zero-order chi connectivity index (χ0) is 17.1. The molecule has 0 spiro atoms. The quantitative estimate of drug-likeness (QED) is 0.780. The van der Waals surface area contributed by atoms with Gasteiger partial charge in [-0.25, -0.2) is 0 Å². The van der Waals surface area contributed by atoms with E-state index in [9.17, 15) is 0 Å². The molecule has 3 aromatic rings. The van der Waals surface area contributed by atoms with Crippen LogP contribution in [0, 0.1) is 0 Å². The lowest BCUT2D eigenvalue weighted by Gasteiger charge is -2.33. The average Bonchev–Trinajstić information content (AvgIpc) is 3.12. The molecule has 6 heteroatoms. The second kappa shape index (κ2) is 7.25. The van der Waals surface area contributed by atoms with Crippen LogP contribution in [0.2, 0.25) is 5.02 Å². The molecule has 2 heterocycles. The number of piperazine rings is 1. The fraction of sp³-hybridized carbons (Fsp3) is 0.263. The van der Waals surface area contributed by atoms with Crippen molar-refractivity contribution in [2.45, 2.75) is 6.54 Å². The van der Waals surface area contributed by atoms with E-state index in [4.69, 9.17) is 16.1 Å². The van der Waals surface area contributed by atoms with Crippen molar-refractivity contribution in [3.8, 4) is 11.4 Å². The fourth-order valence-corrected chi connectivity index (χ4v) is 3.36. The minimum absolute atomic E-state index is 0.660. The normalized spacial score (nSPS) is 15.5. The highest BCUT2D eigenvalue weighted by molar-refractivity contribution is 6.30. The monoisotopic (exact) mass is 355 g/mol. The van der Waals surface area contributed by atoms with Crippen LogP contribution in [-0.2, 0) is 6.54 Å². The van der Waals surface area contributed by atoms with E-state index in [1.807, 2.05) is 48.5 Å². The summed E-state index contributed by atoms with van der Waals surface area (Å²) in [5, 5.41) is 4.88. The number of hydrogen-bond acceptors (Lipinski definition) is 4. The third-order valence-electron chi connectivity index (χ3n) is 4.55. The molecule has 2 aromatic carbocycles. The SMILES string of the molecule is Clc1cccc(N2CC[NH+](Cc3nc(-c4ccccc4)no3)CC2)c1. The summed E-state index contributed by atoms with van der Waals surface area (Å²) in [5.74, 6) is 1.36. The van der Waals surface area contributed by atoms with Crippen LogP contribution in [0.3, 0.4) is 0 Å². The van der Waals surface area contributed by atoms with Crippen LogP contribution < -0.4 is 9.80 Å². The van der Waals surface area contributed by atoms with E-state index in [0.29, 0.717) is 11.7 Å². The first-order valence-corrected chi connectivity index (χ1v) is 8.88. The molecule has 0 unspecified atom stereocenters. The second-order valence-corrected chi connectivity index (χ2v) is 6.71. The lowest BCUT2D eigenvalue weighted by Crippen LogP contribution is -3.13. The summed E-state index contributed by atoms with van der Waals surface area (Å²) in [7, 11) is 0. The Morgan fingerprint density at radius 2 is 1.84 bits per heavy atom. The minimum atomic E-state index is 0.660. The number of benzene rings is 2. The number of nitrogens with one attached hydrogen (secondary N) is 1. The van der Waals surface area contributed by atoms with Gasteiger partial charge in [0.1, 0.15) is 0 Å². The maximum atomic E-state index is 6.09. The standard InChI is InChI=1S/C19H19ClN4O/c20-16-7-4-8-17(13-16)24-11-9-23(10-12-24)14-18-21-19(22-25-18)15-5-2-1-3-6-15/h1-8,13H,9-12,14H2/p+1. The molecule has 0 amide bonds. The predicted octanol–water partition coefficient (Wildman–Crippen LogP) is 2.30. The van der Waals surface area contributed by atoms with Gasteiger partial charge >= 0.3 is 0 Å². The molecule has 0 radical (unpaired) electrons. The van der Waals surface area contributed by atoms with Gasteiger partial charge in [-0.3, -0.25) is 0 Å². The van der Waals surface area contributed by atoms with Crippen LogP contribution in [0.5, 0.6) is 0 Å². The Kier molecular flexibility index (Phi) is 4.68. The Hall–Kier alpha value is -2.37. The molecule has 1 aromatic heterocycles. The number of rotatable bonds is 4. The van der Waals surface area contributed by atoms with E-state index < -0.39 is 0 Å². The Bertz CT molecular complexity index is 828. The van der Waals surface area contributed by atoms with Gasteiger partial charge in [-0.15, -0.1) is 0 Å². The van der Waals surface area contributed by atoms with Gasteiger partial charge in [-0.05, 0) is 18.2 Å². The zero-order valence-corrected chi connectivity index (χ0v) is 14.6. The van der Waals surface area contributed by atoms with Gasteiger partial charge in [0.05, 0.1) is 26.2 Å². The molecule has 4 rings (SSSR count). The number of nitrogens with zero attached hydrogens (tertiary/aromatic N) is 3. The van der Waals surface area contributed by atoms with Crippen LogP contribution in [0.25, 0.3) is 11.4 Å². The molecule has 0 bridgehead atoms. The summed E-state index contributed by atoms with van der Waals surface area (Å²) < 4.78 is 5.44. The predicted molar refractivity (Wildman–Crippen MR) is 97.8 cm³/mol. The third kappa shape index (κ3) is 3.83. The number of hydrogen-bond donors (Lipinski definition) is 1. The van der Waals surface area contributed by atoms with Gasteiger partial charge in [0, 0.05) is 16.3 Å². The van der Waals surface area contributed by atoms with Crippen molar-refractivity contribution in [1.82, 2.24) is 10.1 Å². The molecule has 1 aliphatic heterocycles. The highest BCUT2D eigenvalue weighted by atomic mass is 35.5. The topological polar surface area (TPSA) is 46.6 Å². The van der Waals surface area contributed by atoms with Crippen molar-refractivity contribution in [3.63, 3.8) is 0 Å². The summed E-state index contributed by atoms with van der Waals surface area (Å²) >= 11 is 6.09. The molecule has 1 aliphatic rings. The smallest absolute Gasteiger partial charge is 0.282 e. The summed E-state index contributed by atoms with van der Waals surface area (Å²) in [6.07, 6.45) is 0. The van der Waals surface area contributed by atoms with Crippen molar-refractivity contribution < 1.29 is 9.42 Å². The molecule has 5 nitrogen and oxygen atoms in total. The molecular weight excluding hydrogens is 336 g/mol. The van der Waals surface area contributed by atoms with Crippen LogP contribution in [0.4, 0.5) is 5.69 Å². The molecule has 0 aliphatic carbocycles. The van der Waals surface area contributed by atoms with Crippen molar-refractivity contribution in [2.24, 2.45) is 0 Å². The summed E-state index contributed by atoms with van der Waals surface area (Å²) in [6.45, 7) is 4.83. The van der Waals surface area contributed by atoms with Gasteiger partial charge in [-0.2, -0.15) is 4.98 Å². The van der Waals surface area contributed by atoms with Crippen molar-refractivity contribution in [2.75, 3.05) is 31.1 Å². The summed E-state index contributed by atoms with van der Waals surface area (Å²) in [4.78, 5) is 8.37. The maximum Gasteiger partial charge on any atom is 0.282 e. The summed E-state index contributed by atoms with van der Waals surface area (Å²) in [5.41, 5.74) is 2.17. The second-order valence-electron chi connectivity index (χ2n) is 6.27.